The summed E-state index contributed by atoms with van der Waals surface area (Å²) < 4.78 is 28.9. The Labute approximate surface area is 196 Å². The fourth-order valence-electron chi connectivity index (χ4n) is 4.23. The number of thiol groups is 1. The van der Waals surface area contributed by atoms with E-state index in [1.165, 1.54) is 0 Å². The van der Waals surface area contributed by atoms with E-state index in [9.17, 15) is 0 Å². The highest BCUT2D eigenvalue weighted by molar-refractivity contribution is 7.81. The summed E-state index contributed by atoms with van der Waals surface area (Å²) in [5.41, 5.74) is 3.18. The normalized spacial score (nSPS) is 17.1. The van der Waals surface area contributed by atoms with Crippen molar-refractivity contribution in [3.8, 4) is 11.1 Å². The first-order valence-electron chi connectivity index (χ1n) is 10.5. The van der Waals surface area contributed by atoms with Crippen LogP contribution in [0.25, 0.3) is 22.0 Å². The molecular formula is C22H23ClFN5O2S. The highest BCUT2D eigenvalue weighted by Crippen LogP contribution is 2.39. The minimum atomic E-state index is -0.363. The Bertz CT molecular complexity index is 1140. The molecule has 1 aromatic heterocycles. The van der Waals surface area contributed by atoms with Gasteiger partial charge < -0.3 is 24.0 Å². The molecule has 0 radical (unpaired) electrons. The van der Waals surface area contributed by atoms with Gasteiger partial charge in [0.2, 0.25) is 5.28 Å². The zero-order chi connectivity index (χ0) is 22.1. The van der Waals surface area contributed by atoms with Crippen LogP contribution in [0.15, 0.2) is 30.3 Å². The molecule has 168 valence electrons. The summed E-state index contributed by atoms with van der Waals surface area (Å²) in [5, 5.41) is 1.02. The summed E-state index contributed by atoms with van der Waals surface area (Å²) in [5.74, 6) is 0.376. The maximum Gasteiger partial charge on any atom is 0.224 e. The van der Waals surface area contributed by atoms with Crippen LogP contribution in [0.4, 0.5) is 21.6 Å². The van der Waals surface area contributed by atoms with E-state index in [0.717, 1.165) is 28.0 Å². The Morgan fingerprint density at radius 1 is 0.969 bits per heavy atom. The van der Waals surface area contributed by atoms with Crippen molar-refractivity contribution < 1.29 is 13.9 Å². The number of halogens is 2. The second-order valence-corrected chi connectivity index (χ2v) is 8.25. The number of nitrogens with one attached hydrogen (secondary N) is 1. The van der Waals surface area contributed by atoms with Crippen LogP contribution in [-0.4, -0.2) is 62.6 Å². The Balaban J connectivity index is 1.75. The van der Waals surface area contributed by atoms with E-state index in [2.05, 4.69) is 37.3 Å². The molecule has 0 spiro atoms. The Kier molecular flexibility index (Phi) is 6.23. The summed E-state index contributed by atoms with van der Waals surface area (Å²) in [6.45, 7) is 5.30. The van der Waals surface area contributed by atoms with Gasteiger partial charge in [-0.1, -0.05) is 24.9 Å². The zero-order valence-electron chi connectivity index (χ0n) is 17.4. The highest BCUT2D eigenvalue weighted by Gasteiger charge is 2.23. The maximum atomic E-state index is 15.2. The van der Waals surface area contributed by atoms with Gasteiger partial charge in [0.25, 0.3) is 0 Å². The van der Waals surface area contributed by atoms with Crippen molar-refractivity contribution in [2.45, 2.75) is 0 Å². The standard InChI is InChI=1S/C22H23ClFN5O2S/c23-22-25-20-16(21(26-22)29-6-10-31-11-7-29)12-14(13-18(20)28-4-8-30-9-5-28)15-2-1-3-17(27-32)19(15)24/h1-3,12-13,27,32H,4-11H2. The Morgan fingerprint density at radius 3 is 2.34 bits per heavy atom. The Morgan fingerprint density at radius 2 is 1.66 bits per heavy atom. The molecule has 2 fully saturated rings. The molecule has 10 heteroatoms. The van der Waals surface area contributed by atoms with Crippen molar-refractivity contribution in [2.75, 3.05) is 67.1 Å². The van der Waals surface area contributed by atoms with E-state index in [0.29, 0.717) is 63.9 Å². The molecule has 2 aromatic carbocycles. The van der Waals surface area contributed by atoms with Gasteiger partial charge in [0.1, 0.15) is 11.3 Å². The summed E-state index contributed by atoms with van der Waals surface area (Å²) in [6.07, 6.45) is 0. The van der Waals surface area contributed by atoms with Gasteiger partial charge in [0, 0.05) is 37.1 Å². The number of benzene rings is 2. The lowest BCUT2D eigenvalue weighted by molar-refractivity contribution is 0.122. The predicted molar refractivity (Wildman–Crippen MR) is 129 cm³/mol. The van der Waals surface area contributed by atoms with Crippen LogP contribution in [0.1, 0.15) is 0 Å². The van der Waals surface area contributed by atoms with Crippen molar-refractivity contribution >= 4 is 52.5 Å². The van der Waals surface area contributed by atoms with Crippen LogP contribution in [-0.2, 0) is 9.47 Å². The quantitative estimate of drug-likeness (QED) is 0.436. The molecule has 1 N–H and O–H groups in total. The molecule has 5 rings (SSSR count). The van der Waals surface area contributed by atoms with Gasteiger partial charge in [0.05, 0.1) is 37.8 Å². The molecule has 0 bridgehead atoms. The van der Waals surface area contributed by atoms with Crippen molar-refractivity contribution in [3.05, 3.63) is 41.4 Å². The summed E-state index contributed by atoms with van der Waals surface area (Å²) in [6, 6.07) is 9.13. The number of rotatable bonds is 4. The van der Waals surface area contributed by atoms with Crippen LogP contribution in [0.3, 0.4) is 0 Å². The number of aromatic nitrogens is 2. The SMILES string of the molecule is Fc1c(NS)cccc1-c1cc(N2CCOCC2)c2nc(Cl)nc(N3CCOCC3)c2c1. The lowest BCUT2D eigenvalue weighted by Crippen LogP contribution is -2.37. The lowest BCUT2D eigenvalue weighted by atomic mass is 10.00. The van der Waals surface area contributed by atoms with Gasteiger partial charge in [-0.3, -0.25) is 0 Å². The van der Waals surface area contributed by atoms with Crippen molar-refractivity contribution in [1.82, 2.24) is 9.97 Å². The van der Waals surface area contributed by atoms with Crippen LogP contribution < -0.4 is 14.5 Å². The van der Waals surface area contributed by atoms with Gasteiger partial charge in [0.15, 0.2) is 5.82 Å². The molecule has 3 aromatic rings. The third kappa shape index (κ3) is 4.05. The van der Waals surface area contributed by atoms with Gasteiger partial charge in [-0.2, -0.15) is 4.98 Å². The van der Waals surface area contributed by atoms with E-state index in [1.807, 2.05) is 12.1 Å². The van der Waals surface area contributed by atoms with Crippen molar-refractivity contribution in [3.63, 3.8) is 0 Å². The maximum absolute atomic E-state index is 15.2. The van der Waals surface area contributed by atoms with E-state index in [1.54, 1.807) is 18.2 Å². The fourth-order valence-corrected chi connectivity index (χ4v) is 4.57. The molecule has 2 aliphatic rings. The van der Waals surface area contributed by atoms with Crippen LogP contribution in [0.2, 0.25) is 5.28 Å². The van der Waals surface area contributed by atoms with Crippen LogP contribution in [0.5, 0.6) is 0 Å². The molecule has 0 aliphatic carbocycles. The minimum Gasteiger partial charge on any atom is -0.378 e. The van der Waals surface area contributed by atoms with Crippen LogP contribution in [0, 0.1) is 5.82 Å². The van der Waals surface area contributed by atoms with E-state index < -0.39 is 0 Å². The van der Waals surface area contributed by atoms with Gasteiger partial charge in [-0.05, 0) is 35.4 Å². The first-order valence-corrected chi connectivity index (χ1v) is 11.3. The third-order valence-corrected chi connectivity index (χ3v) is 6.24. The number of nitrogens with zero attached hydrogens (tertiary/aromatic N) is 4. The number of fused-ring (bicyclic) bond motifs is 1. The summed E-state index contributed by atoms with van der Waals surface area (Å²) in [7, 11) is 0. The van der Waals surface area contributed by atoms with Gasteiger partial charge in [-0.15, -0.1) is 0 Å². The van der Waals surface area contributed by atoms with E-state index in [-0.39, 0.29) is 11.1 Å². The lowest BCUT2D eigenvalue weighted by Gasteiger charge is -2.32. The average Bonchev–Trinajstić information content (AvgIpc) is 2.84. The van der Waals surface area contributed by atoms with Gasteiger partial charge >= 0.3 is 0 Å². The first-order chi connectivity index (χ1) is 15.7. The average molecular weight is 476 g/mol. The largest absolute Gasteiger partial charge is 0.378 e. The van der Waals surface area contributed by atoms with Crippen molar-refractivity contribution in [2.24, 2.45) is 0 Å². The minimum absolute atomic E-state index is 0.189. The summed E-state index contributed by atoms with van der Waals surface area (Å²) >= 11 is 10.4. The first kappa shape index (κ1) is 21.5. The highest BCUT2D eigenvalue weighted by atomic mass is 35.5. The molecule has 0 saturated carbocycles. The summed E-state index contributed by atoms with van der Waals surface area (Å²) in [4.78, 5) is 13.5. The number of hydrogen-bond acceptors (Lipinski definition) is 8. The van der Waals surface area contributed by atoms with Crippen LogP contribution >= 0.6 is 24.4 Å². The molecule has 0 amide bonds. The smallest absolute Gasteiger partial charge is 0.224 e. The molecule has 0 unspecified atom stereocenters. The molecule has 32 heavy (non-hydrogen) atoms. The molecule has 2 aliphatic heterocycles. The molecular weight excluding hydrogens is 453 g/mol. The van der Waals surface area contributed by atoms with Gasteiger partial charge in [-0.25, -0.2) is 9.37 Å². The van der Waals surface area contributed by atoms with E-state index >= 15 is 4.39 Å². The number of morpholine rings is 2. The third-order valence-electron chi connectivity index (χ3n) is 5.83. The predicted octanol–water partition coefficient (Wildman–Crippen LogP) is 4.02. The second-order valence-electron chi connectivity index (χ2n) is 7.69. The number of anilines is 3. The monoisotopic (exact) mass is 475 g/mol. The molecule has 3 heterocycles. The molecule has 7 nitrogen and oxygen atoms in total. The second kappa shape index (κ2) is 9.27. The topological polar surface area (TPSA) is 62.8 Å². The number of ether oxygens (including phenoxy) is 2. The molecule has 0 atom stereocenters. The fraction of sp³-hybridized carbons (Fsp3) is 0.364. The van der Waals surface area contributed by atoms with Crippen molar-refractivity contribution in [1.29, 1.82) is 0 Å². The Hall–Kier alpha value is -2.33. The number of hydrogen-bond donors (Lipinski definition) is 2. The molecule has 2 saturated heterocycles. The van der Waals surface area contributed by atoms with E-state index in [4.69, 9.17) is 21.1 Å². The zero-order valence-corrected chi connectivity index (χ0v) is 19.0.